The van der Waals surface area contributed by atoms with Crippen LogP contribution in [0.1, 0.15) is 0 Å². The van der Waals surface area contributed by atoms with E-state index in [1.165, 1.54) is 53.2 Å². The quantitative estimate of drug-likeness (QED) is 0.170. The lowest BCUT2D eigenvalue weighted by Crippen LogP contribution is -2.12. The molecule has 0 fully saturated rings. The van der Waals surface area contributed by atoms with Gasteiger partial charge in [0.1, 0.15) is 11.2 Å². The highest BCUT2D eigenvalue weighted by Gasteiger charge is 2.23. The van der Waals surface area contributed by atoms with Gasteiger partial charge in [-0.2, -0.15) is 0 Å². The predicted octanol–water partition coefficient (Wildman–Crippen LogP) is 15.6. The van der Waals surface area contributed by atoms with Gasteiger partial charge in [0.05, 0.1) is 11.4 Å². The minimum absolute atomic E-state index is 0.906. The van der Waals surface area contributed by atoms with Crippen molar-refractivity contribution >= 4 is 81.3 Å². The van der Waals surface area contributed by atoms with Crippen LogP contribution in [0.4, 0.5) is 17.1 Å². The number of benzene rings is 9. The lowest BCUT2D eigenvalue weighted by atomic mass is 9.95. The number of rotatable bonds is 6. The number of nitrogens with zero attached hydrogens (tertiary/aromatic N) is 1. The molecule has 9 aromatic carbocycles. The van der Waals surface area contributed by atoms with Crippen molar-refractivity contribution in [3.8, 4) is 33.4 Å². The molecule has 0 N–H and O–H groups in total. The summed E-state index contributed by atoms with van der Waals surface area (Å²) in [4.78, 5) is 2.45. The zero-order chi connectivity index (χ0) is 36.3. The predicted molar refractivity (Wildman–Crippen MR) is 235 cm³/mol. The van der Waals surface area contributed by atoms with Crippen LogP contribution in [0.3, 0.4) is 0 Å². The molecule has 55 heavy (non-hydrogen) atoms. The molecule has 0 aliphatic heterocycles. The van der Waals surface area contributed by atoms with Crippen molar-refractivity contribution in [3.63, 3.8) is 0 Å². The first-order valence-electron chi connectivity index (χ1n) is 18.7. The normalized spacial score (nSPS) is 11.6. The van der Waals surface area contributed by atoms with Crippen molar-refractivity contribution in [2.75, 3.05) is 4.90 Å². The van der Waals surface area contributed by atoms with E-state index < -0.39 is 0 Å². The van der Waals surface area contributed by atoms with Crippen LogP contribution in [-0.2, 0) is 0 Å². The SMILES string of the molecule is c1ccc(N(c2ccc(-c3cccc4c3oc3ccccc34)cc2)c2ccccc2-c2cccc3c2sc2ccccc23)c(-c2cccc3ccccc23)c1. The van der Waals surface area contributed by atoms with Gasteiger partial charge in [-0.25, -0.2) is 0 Å². The van der Waals surface area contributed by atoms with E-state index in [9.17, 15) is 0 Å². The average Bonchev–Trinajstić information content (AvgIpc) is 3.83. The summed E-state index contributed by atoms with van der Waals surface area (Å²) in [5.74, 6) is 0. The standard InChI is InChI=1S/C52H33NOS/c1-2-16-37-34(14-1)15-11-22-39(37)40-17-3-7-26-47(40)53(36-32-30-35(31-33-36)38-21-12-23-44-42-19-5-9-28-49(42)54-51(38)44)48-27-8-4-18-41(48)45-24-13-25-46-43-20-6-10-29-50(43)55-52(45)46/h1-33H. The summed E-state index contributed by atoms with van der Waals surface area (Å²) in [6, 6.07) is 72.2. The van der Waals surface area contributed by atoms with Crippen molar-refractivity contribution in [1.82, 2.24) is 0 Å². The van der Waals surface area contributed by atoms with Crippen LogP contribution < -0.4 is 4.90 Å². The number of para-hydroxylation sites is 4. The molecule has 2 heterocycles. The lowest BCUT2D eigenvalue weighted by Gasteiger charge is -2.30. The molecule has 0 atom stereocenters. The topological polar surface area (TPSA) is 16.4 Å². The Bertz CT molecular complexity index is 3220. The lowest BCUT2D eigenvalue weighted by molar-refractivity contribution is 0.670. The Morgan fingerprint density at radius 3 is 1.73 bits per heavy atom. The van der Waals surface area contributed by atoms with Gasteiger partial charge in [-0.15, -0.1) is 11.3 Å². The van der Waals surface area contributed by atoms with E-state index in [1.54, 1.807) is 0 Å². The number of hydrogen-bond acceptors (Lipinski definition) is 3. The summed E-state index contributed by atoms with van der Waals surface area (Å²) < 4.78 is 9.07. The zero-order valence-electron chi connectivity index (χ0n) is 29.8. The van der Waals surface area contributed by atoms with E-state index in [2.05, 4.69) is 193 Å². The molecule has 258 valence electrons. The Labute approximate surface area is 322 Å². The molecule has 0 aliphatic rings. The molecular formula is C52H33NOS. The van der Waals surface area contributed by atoms with Crippen LogP contribution >= 0.6 is 11.3 Å². The molecule has 0 bridgehead atoms. The van der Waals surface area contributed by atoms with Gasteiger partial charge in [0.15, 0.2) is 0 Å². The molecule has 0 saturated carbocycles. The van der Waals surface area contributed by atoms with Crippen molar-refractivity contribution in [3.05, 3.63) is 200 Å². The Morgan fingerprint density at radius 2 is 0.909 bits per heavy atom. The van der Waals surface area contributed by atoms with Crippen LogP contribution in [0.5, 0.6) is 0 Å². The average molecular weight is 720 g/mol. The van der Waals surface area contributed by atoms with E-state index in [1.807, 2.05) is 23.5 Å². The summed E-state index contributed by atoms with van der Waals surface area (Å²) in [5.41, 5.74) is 12.1. The number of furan rings is 1. The van der Waals surface area contributed by atoms with Crippen molar-refractivity contribution in [2.45, 2.75) is 0 Å². The van der Waals surface area contributed by atoms with E-state index in [0.717, 1.165) is 50.1 Å². The maximum atomic E-state index is 6.47. The third-order valence-electron chi connectivity index (χ3n) is 10.9. The number of thiophene rings is 1. The summed E-state index contributed by atoms with van der Waals surface area (Å²) in [5, 5.41) is 7.32. The van der Waals surface area contributed by atoms with Gasteiger partial charge in [-0.3, -0.25) is 0 Å². The maximum absolute atomic E-state index is 6.47. The Balaban J connectivity index is 1.14. The third kappa shape index (κ3) is 5.16. The van der Waals surface area contributed by atoms with Gasteiger partial charge < -0.3 is 9.32 Å². The molecule has 0 unspecified atom stereocenters. The number of anilines is 3. The molecule has 0 amide bonds. The molecule has 11 aromatic rings. The van der Waals surface area contributed by atoms with Crippen LogP contribution in [0.15, 0.2) is 205 Å². The van der Waals surface area contributed by atoms with Crippen molar-refractivity contribution < 1.29 is 4.42 Å². The number of hydrogen-bond donors (Lipinski definition) is 0. The molecular weight excluding hydrogens is 687 g/mol. The third-order valence-corrected chi connectivity index (χ3v) is 12.1. The summed E-state index contributed by atoms with van der Waals surface area (Å²) in [7, 11) is 0. The smallest absolute Gasteiger partial charge is 0.143 e. The monoisotopic (exact) mass is 719 g/mol. The van der Waals surface area contributed by atoms with E-state index in [-0.39, 0.29) is 0 Å². The minimum atomic E-state index is 0.906. The van der Waals surface area contributed by atoms with Crippen LogP contribution in [0.2, 0.25) is 0 Å². The van der Waals surface area contributed by atoms with E-state index in [4.69, 9.17) is 4.42 Å². The fourth-order valence-electron chi connectivity index (χ4n) is 8.38. The largest absolute Gasteiger partial charge is 0.455 e. The van der Waals surface area contributed by atoms with E-state index >= 15 is 0 Å². The van der Waals surface area contributed by atoms with Crippen molar-refractivity contribution in [2.24, 2.45) is 0 Å². The highest BCUT2D eigenvalue weighted by molar-refractivity contribution is 7.26. The second-order valence-electron chi connectivity index (χ2n) is 14.0. The van der Waals surface area contributed by atoms with E-state index in [0.29, 0.717) is 0 Å². The fraction of sp³-hybridized carbons (Fsp3) is 0. The molecule has 0 radical (unpaired) electrons. The van der Waals surface area contributed by atoms with Gasteiger partial charge in [0, 0.05) is 58.9 Å². The first-order chi connectivity index (χ1) is 27.3. The first-order valence-corrected chi connectivity index (χ1v) is 19.5. The van der Waals surface area contributed by atoms with Crippen molar-refractivity contribution in [1.29, 1.82) is 0 Å². The number of fused-ring (bicyclic) bond motifs is 7. The second kappa shape index (κ2) is 12.9. The van der Waals surface area contributed by atoms with Crippen LogP contribution in [0, 0.1) is 0 Å². The molecule has 0 saturated heterocycles. The molecule has 0 spiro atoms. The Morgan fingerprint density at radius 1 is 0.364 bits per heavy atom. The Kier molecular flexibility index (Phi) is 7.39. The zero-order valence-corrected chi connectivity index (χ0v) is 30.6. The molecule has 3 heteroatoms. The summed E-state index contributed by atoms with van der Waals surface area (Å²) in [6.45, 7) is 0. The van der Waals surface area contributed by atoms with Crippen LogP contribution in [-0.4, -0.2) is 0 Å². The van der Waals surface area contributed by atoms with Gasteiger partial charge >= 0.3 is 0 Å². The van der Waals surface area contributed by atoms with Gasteiger partial charge in [-0.05, 0) is 58.3 Å². The molecule has 11 rings (SSSR count). The fourth-order valence-corrected chi connectivity index (χ4v) is 9.62. The molecule has 2 aromatic heterocycles. The first kappa shape index (κ1) is 31.6. The second-order valence-corrected chi connectivity index (χ2v) is 15.1. The molecule has 2 nitrogen and oxygen atoms in total. The van der Waals surface area contributed by atoms with Crippen LogP contribution in [0.25, 0.3) is 86.3 Å². The summed E-state index contributed by atoms with van der Waals surface area (Å²) in [6.07, 6.45) is 0. The van der Waals surface area contributed by atoms with Gasteiger partial charge in [0.2, 0.25) is 0 Å². The summed E-state index contributed by atoms with van der Waals surface area (Å²) >= 11 is 1.87. The van der Waals surface area contributed by atoms with Gasteiger partial charge in [-0.1, -0.05) is 164 Å². The van der Waals surface area contributed by atoms with Gasteiger partial charge in [0.25, 0.3) is 0 Å². The minimum Gasteiger partial charge on any atom is -0.455 e. The molecule has 0 aliphatic carbocycles. The maximum Gasteiger partial charge on any atom is 0.143 e. The highest BCUT2D eigenvalue weighted by Crippen LogP contribution is 2.48. The highest BCUT2D eigenvalue weighted by atomic mass is 32.1. The Hall–Kier alpha value is -6.94.